The Morgan fingerprint density at radius 2 is 2.31 bits per heavy atom. The molecule has 0 bridgehead atoms. The van der Waals surface area contributed by atoms with E-state index in [0.717, 1.165) is 62.6 Å². The lowest BCUT2D eigenvalue weighted by Crippen LogP contribution is -2.42. The van der Waals surface area contributed by atoms with E-state index >= 15 is 0 Å². The summed E-state index contributed by atoms with van der Waals surface area (Å²) >= 11 is 0. The number of halogens is 2. The number of benzene rings is 1. The first kappa shape index (κ1) is 19.4. The van der Waals surface area contributed by atoms with Gasteiger partial charge in [0.15, 0.2) is 5.96 Å². The number of hydrogen-bond acceptors (Lipinski definition) is 2. The number of H-pyrrole nitrogens is 1. The van der Waals surface area contributed by atoms with Crippen molar-refractivity contribution in [2.24, 2.45) is 10.4 Å². The summed E-state index contributed by atoms with van der Waals surface area (Å²) in [6, 6.07) is 4.90. The van der Waals surface area contributed by atoms with Gasteiger partial charge in [0, 0.05) is 55.8 Å². The number of aromatic nitrogens is 1. The number of fused-ring (bicyclic) bond motifs is 1. The lowest BCUT2D eigenvalue weighted by molar-refractivity contribution is 0.156. The van der Waals surface area contributed by atoms with Crippen LogP contribution in [0.4, 0.5) is 4.39 Å². The molecule has 4 rings (SSSR count). The smallest absolute Gasteiger partial charge is 0.193 e. The molecule has 1 spiro atoms. The zero-order valence-electron chi connectivity index (χ0n) is 15.1. The fourth-order valence-corrected chi connectivity index (χ4v) is 4.09. The first-order chi connectivity index (χ1) is 12.2. The van der Waals surface area contributed by atoms with Gasteiger partial charge in [0.1, 0.15) is 5.82 Å². The minimum Gasteiger partial charge on any atom is -0.381 e. The quantitative estimate of drug-likeness (QED) is 0.410. The molecule has 2 N–H and O–H groups in total. The Hall–Kier alpha value is -1.35. The number of ether oxygens (including phenoxy) is 1. The van der Waals surface area contributed by atoms with E-state index in [2.05, 4.69) is 20.2 Å². The molecule has 1 unspecified atom stereocenters. The van der Waals surface area contributed by atoms with E-state index in [1.807, 2.05) is 19.3 Å². The Labute approximate surface area is 170 Å². The minimum absolute atomic E-state index is 0. The maximum Gasteiger partial charge on any atom is 0.193 e. The van der Waals surface area contributed by atoms with Crippen LogP contribution in [0, 0.1) is 11.2 Å². The third-order valence-electron chi connectivity index (χ3n) is 5.54. The summed E-state index contributed by atoms with van der Waals surface area (Å²) in [5.41, 5.74) is 2.38. The summed E-state index contributed by atoms with van der Waals surface area (Å²) < 4.78 is 18.9. The van der Waals surface area contributed by atoms with Gasteiger partial charge in [-0.3, -0.25) is 4.99 Å². The SMILES string of the molecule is CN=C(NCCc1c[nH]c2cc(F)ccc12)N1CCC2(CCOC2)C1.I. The predicted octanol–water partition coefficient (Wildman–Crippen LogP) is 3.16. The van der Waals surface area contributed by atoms with E-state index in [1.54, 1.807) is 6.07 Å². The molecule has 1 aromatic carbocycles. The van der Waals surface area contributed by atoms with Crippen LogP contribution >= 0.6 is 24.0 Å². The van der Waals surface area contributed by atoms with Crippen LogP contribution in [0.2, 0.25) is 0 Å². The third-order valence-corrected chi connectivity index (χ3v) is 5.54. The highest BCUT2D eigenvalue weighted by Crippen LogP contribution is 2.38. The van der Waals surface area contributed by atoms with Gasteiger partial charge in [0.2, 0.25) is 0 Å². The van der Waals surface area contributed by atoms with E-state index in [-0.39, 0.29) is 29.8 Å². The summed E-state index contributed by atoms with van der Waals surface area (Å²) in [6.07, 6.45) is 5.18. The van der Waals surface area contributed by atoms with E-state index < -0.39 is 0 Å². The Morgan fingerprint density at radius 3 is 3.08 bits per heavy atom. The van der Waals surface area contributed by atoms with Crippen LogP contribution in [0.3, 0.4) is 0 Å². The second kappa shape index (κ2) is 8.12. The molecule has 142 valence electrons. The lowest BCUT2D eigenvalue weighted by Gasteiger charge is -2.24. The van der Waals surface area contributed by atoms with Gasteiger partial charge in [0.05, 0.1) is 6.61 Å². The minimum atomic E-state index is -0.210. The predicted molar refractivity (Wildman–Crippen MR) is 113 cm³/mol. The molecule has 0 radical (unpaired) electrons. The first-order valence-corrected chi connectivity index (χ1v) is 8.98. The highest BCUT2D eigenvalue weighted by molar-refractivity contribution is 14.0. The highest BCUT2D eigenvalue weighted by atomic mass is 127. The molecule has 3 heterocycles. The number of guanidine groups is 1. The molecule has 0 saturated carbocycles. The zero-order chi connectivity index (χ0) is 17.3. The Morgan fingerprint density at radius 1 is 1.42 bits per heavy atom. The van der Waals surface area contributed by atoms with Crippen LogP contribution < -0.4 is 5.32 Å². The monoisotopic (exact) mass is 472 g/mol. The number of rotatable bonds is 3. The fourth-order valence-electron chi connectivity index (χ4n) is 4.09. The van der Waals surface area contributed by atoms with Crippen LogP contribution in [0.25, 0.3) is 10.9 Å². The van der Waals surface area contributed by atoms with Crippen molar-refractivity contribution in [1.29, 1.82) is 0 Å². The van der Waals surface area contributed by atoms with Gasteiger partial charge in [-0.1, -0.05) is 0 Å². The van der Waals surface area contributed by atoms with Gasteiger partial charge in [-0.15, -0.1) is 24.0 Å². The van der Waals surface area contributed by atoms with E-state index in [9.17, 15) is 4.39 Å². The summed E-state index contributed by atoms with van der Waals surface area (Å²) in [7, 11) is 1.84. The summed E-state index contributed by atoms with van der Waals surface area (Å²) in [5, 5.41) is 4.56. The van der Waals surface area contributed by atoms with Crippen molar-refractivity contribution in [2.45, 2.75) is 19.3 Å². The molecule has 2 aromatic rings. The second-order valence-electron chi connectivity index (χ2n) is 7.20. The van der Waals surface area contributed by atoms with Crippen molar-refractivity contribution >= 4 is 40.8 Å². The van der Waals surface area contributed by atoms with Crippen molar-refractivity contribution in [2.75, 3.05) is 39.9 Å². The molecule has 5 nitrogen and oxygen atoms in total. The van der Waals surface area contributed by atoms with Gasteiger partial charge in [-0.2, -0.15) is 0 Å². The van der Waals surface area contributed by atoms with Gasteiger partial charge in [-0.05, 0) is 43.0 Å². The Balaban J connectivity index is 0.00000196. The highest BCUT2D eigenvalue weighted by Gasteiger charge is 2.42. The van der Waals surface area contributed by atoms with Gasteiger partial charge >= 0.3 is 0 Å². The summed E-state index contributed by atoms with van der Waals surface area (Å²) in [6.45, 7) is 4.64. The number of likely N-dealkylation sites (tertiary alicyclic amines) is 1. The molecule has 0 amide bonds. The van der Waals surface area contributed by atoms with Crippen molar-refractivity contribution in [3.63, 3.8) is 0 Å². The van der Waals surface area contributed by atoms with E-state index in [1.165, 1.54) is 18.1 Å². The van der Waals surface area contributed by atoms with Gasteiger partial charge < -0.3 is 19.9 Å². The number of aromatic amines is 1. The largest absolute Gasteiger partial charge is 0.381 e. The van der Waals surface area contributed by atoms with Gasteiger partial charge in [-0.25, -0.2) is 4.39 Å². The first-order valence-electron chi connectivity index (χ1n) is 8.98. The van der Waals surface area contributed by atoms with Crippen molar-refractivity contribution in [3.8, 4) is 0 Å². The maximum absolute atomic E-state index is 13.3. The second-order valence-corrected chi connectivity index (χ2v) is 7.20. The average molecular weight is 472 g/mol. The number of nitrogens with zero attached hydrogens (tertiary/aromatic N) is 2. The molecule has 0 aliphatic carbocycles. The fraction of sp³-hybridized carbons (Fsp3) is 0.526. The average Bonchev–Trinajstić information content (AvgIpc) is 3.33. The van der Waals surface area contributed by atoms with Gasteiger partial charge in [0.25, 0.3) is 0 Å². The molecular formula is C19H26FIN4O. The van der Waals surface area contributed by atoms with Crippen LogP contribution in [0.5, 0.6) is 0 Å². The van der Waals surface area contributed by atoms with Crippen LogP contribution in [-0.2, 0) is 11.2 Å². The van der Waals surface area contributed by atoms with Crippen molar-refractivity contribution in [1.82, 2.24) is 15.2 Å². The standard InChI is InChI=1S/C19H25FN4O.HI/c1-21-18(24-8-5-19(12-24)6-9-25-13-19)22-7-4-14-11-23-17-10-15(20)2-3-16(14)17;/h2-3,10-11,23H,4-9,12-13H2,1H3,(H,21,22);1H. The topological polar surface area (TPSA) is 52.7 Å². The molecule has 2 saturated heterocycles. The number of hydrogen-bond donors (Lipinski definition) is 2. The summed E-state index contributed by atoms with van der Waals surface area (Å²) in [4.78, 5) is 9.94. The lowest BCUT2D eigenvalue weighted by atomic mass is 9.87. The molecular weight excluding hydrogens is 446 g/mol. The molecule has 26 heavy (non-hydrogen) atoms. The third kappa shape index (κ3) is 3.83. The van der Waals surface area contributed by atoms with Crippen LogP contribution in [0.1, 0.15) is 18.4 Å². The summed E-state index contributed by atoms with van der Waals surface area (Å²) in [5.74, 6) is 0.757. The number of aliphatic imine (C=N–C) groups is 1. The normalized spacial score (nSPS) is 23.0. The molecule has 2 aliphatic heterocycles. The Bertz CT molecular complexity index is 785. The zero-order valence-corrected chi connectivity index (χ0v) is 17.4. The van der Waals surface area contributed by atoms with Crippen LogP contribution in [-0.4, -0.2) is 55.7 Å². The van der Waals surface area contributed by atoms with Crippen LogP contribution in [0.15, 0.2) is 29.4 Å². The van der Waals surface area contributed by atoms with E-state index in [0.29, 0.717) is 5.41 Å². The molecule has 1 atom stereocenters. The van der Waals surface area contributed by atoms with E-state index in [4.69, 9.17) is 4.74 Å². The Kier molecular flexibility index (Phi) is 6.06. The molecule has 7 heteroatoms. The molecule has 2 aliphatic rings. The van der Waals surface area contributed by atoms with Crippen molar-refractivity contribution < 1.29 is 9.13 Å². The molecule has 2 fully saturated rings. The van der Waals surface area contributed by atoms with Crippen molar-refractivity contribution in [3.05, 3.63) is 35.8 Å². The molecule has 1 aromatic heterocycles. The number of nitrogens with one attached hydrogen (secondary N) is 2. The maximum atomic E-state index is 13.3.